The minimum atomic E-state index is 0.150. The van der Waals surface area contributed by atoms with Crippen LogP contribution in [-0.2, 0) is 11.3 Å². The molecule has 0 atom stereocenters. The first-order chi connectivity index (χ1) is 13.7. The Morgan fingerprint density at radius 1 is 1.29 bits per heavy atom. The van der Waals surface area contributed by atoms with E-state index in [-0.39, 0.29) is 5.88 Å². The molecule has 1 saturated heterocycles. The summed E-state index contributed by atoms with van der Waals surface area (Å²) in [4.78, 5) is 1.57. The molecule has 0 aliphatic carbocycles. The van der Waals surface area contributed by atoms with Crippen molar-refractivity contribution in [1.29, 1.82) is 0 Å². The SMILES string of the molecule is CCCCn1c(O)c(N=NC(=S)NCCC[NH+]2CCOCC2)c2ccccc21. The summed E-state index contributed by atoms with van der Waals surface area (Å²) < 4.78 is 7.27. The van der Waals surface area contributed by atoms with Gasteiger partial charge in [0.15, 0.2) is 5.69 Å². The van der Waals surface area contributed by atoms with E-state index in [4.69, 9.17) is 17.0 Å². The molecule has 0 spiro atoms. The highest BCUT2D eigenvalue weighted by Gasteiger charge is 2.16. The van der Waals surface area contributed by atoms with Crippen LogP contribution in [-0.4, -0.2) is 54.2 Å². The van der Waals surface area contributed by atoms with Crippen LogP contribution >= 0.6 is 12.2 Å². The van der Waals surface area contributed by atoms with E-state index in [1.807, 2.05) is 28.8 Å². The molecule has 0 saturated carbocycles. The number of ether oxygens (including phenoxy) is 1. The van der Waals surface area contributed by atoms with Crippen LogP contribution in [0.3, 0.4) is 0 Å². The Morgan fingerprint density at radius 3 is 2.86 bits per heavy atom. The minimum absolute atomic E-state index is 0.150. The molecule has 1 fully saturated rings. The summed E-state index contributed by atoms with van der Waals surface area (Å²) >= 11 is 5.28. The molecule has 0 unspecified atom stereocenters. The third-order valence-corrected chi connectivity index (χ3v) is 5.30. The first kappa shape index (κ1) is 20.7. The maximum atomic E-state index is 10.6. The Hall–Kier alpha value is -2.03. The molecule has 3 rings (SSSR count). The fourth-order valence-electron chi connectivity index (χ4n) is 3.49. The summed E-state index contributed by atoms with van der Waals surface area (Å²) in [6.45, 7) is 8.61. The largest absolute Gasteiger partial charge is 0.493 e. The molecule has 0 bridgehead atoms. The van der Waals surface area contributed by atoms with Crippen molar-refractivity contribution in [2.45, 2.75) is 32.7 Å². The van der Waals surface area contributed by atoms with Gasteiger partial charge in [-0.2, -0.15) is 0 Å². The second-order valence-corrected chi connectivity index (χ2v) is 7.48. The molecule has 1 aromatic carbocycles. The number of hydrogen-bond acceptors (Lipinski definition) is 4. The number of quaternary nitrogens is 1. The molecule has 2 aromatic rings. The van der Waals surface area contributed by atoms with Gasteiger partial charge in [0.05, 0.1) is 25.3 Å². The van der Waals surface area contributed by atoms with Gasteiger partial charge in [0.2, 0.25) is 11.0 Å². The van der Waals surface area contributed by atoms with Crippen LogP contribution < -0.4 is 10.2 Å². The molecular weight excluding hydrogens is 374 g/mol. The molecular formula is C20H30N5O2S+. The van der Waals surface area contributed by atoms with Crippen molar-refractivity contribution in [3.05, 3.63) is 24.3 Å². The summed E-state index contributed by atoms with van der Waals surface area (Å²) in [5.74, 6) is 0.150. The summed E-state index contributed by atoms with van der Waals surface area (Å²) in [6.07, 6.45) is 3.07. The lowest BCUT2D eigenvalue weighted by Gasteiger charge is -2.23. The molecule has 3 N–H and O–H groups in total. The Kier molecular flexibility index (Phi) is 7.76. The molecule has 28 heavy (non-hydrogen) atoms. The fraction of sp³-hybridized carbons (Fsp3) is 0.550. The van der Waals surface area contributed by atoms with Crippen molar-refractivity contribution < 1.29 is 14.7 Å². The third-order valence-electron chi connectivity index (χ3n) is 5.08. The number of aromatic hydroxyl groups is 1. The van der Waals surface area contributed by atoms with E-state index in [9.17, 15) is 5.11 Å². The number of morpholine rings is 1. The number of aryl methyl sites for hydroxylation is 1. The minimum Gasteiger partial charge on any atom is -0.493 e. The van der Waals surface area contributed by atoms with Gasteiger partial charge in [-0.25, -0.2) is 0 Å². The number of azo groups is 1. The number of unbranched alkanes of at least 4 members (excludes halogenated alkanes) is 1. The monoisotopic (exact) mass is 404 g/mol. The number of hydrogen-bond donors (Lipinski definition) is 3. The molecule has 0 amide bonds. The van der Waals surface area contributed by atoms with Gasteiger partial charge in [-0.1, -0.05) is 31.5 Å². The van der Waals surface area contributed by atoms with Gasteiger partial charge in [0.25, 0.3) is 0 Å². The van der Waals surface area contributed by atoms with Crippen LogP contribution in [0, 0.1) is 0 Å². The summed E-state index contributed by atoms with van der Waals surface area (Å²) in [5.41, 5.74) is 1.45. The zero-order valence-corrected chi connectivity index (χ0v) is 17.3. The molecule has 1 aromatic heterocycles. The highest BCUT2D eigenvalue weighted by molar-refractivity contribution is 7.80. The number of benzene rings is 1. The molecule has 0 radical (unpaired) electrons. The van der Waals surface area contributed by atoms with E-state index in [1.54, 1.807) is 4.90 Å². The van der Waals surface area contributed by atoms with Crippen LogP contribution in [0.25, 0.3) is 10.9 Å². The first-order valence-corrected chi connectivity index (χ1v) is 10.5. The third kappa shape index (κ3) is 5.27. The van der Waals surface area contributed by atoms with Crippen molar-refractivity contribution in [1.82, 2.24) is 9.88 Å². The van der Waals surface area contributed by atoms with Crippen molar-refractivity contribution in [2.24, 2.45) is 10.2 Å². The highest BCUT2D eigenvalue weighted by atomic mass is 32.1. The summed E-state index contributed by atoms with van der Waals surface area (Å²) in [7, 11) is 0. The second-order valence-electron chi connectivity index (χ2n) is 7.09. The lowest BCUT2D eigenvalue weighted by atomic mass is 10.2. The number of para-hydroxylation sites is 1. The van der Waals surface area contributed by atoms with Gasteiger partial charge in [-0.15, -0.1) is 10.2 Å². The van der Waals surface area contributed by atoms with E-state index in [0.717, 1.165) is 76.1 Å². The number of thiocarbonyl (C=S) groups is 1. The van der Waals surface area contributed by atoms with Gasteiger partial charge in [-0.3, -0.25) is 0 Å². The maximum absolute atomic E-state index is 10.6. The summed E-state index contributed by atoms with van der Waals surface area (Å²) in [5, 5.41) is 23.4. The smallest absolute Gasteiger partial charge is 0.220 e. The zero-order chi connectivity index (χ0) is 19.8. The lowest BCUT2D eigenvalue weighted by molar-refractivity contribution is -0.908. The zero-order valence-electron chi connectivity index (χ0n) is 16.5. The molecule has 1 aliphatic rings. The topological polar surface area (TPSA) is 75.6 Å². The lowest BCUT2D eigenvalue weighted by Crippen LogP contribution is -3.14. The number of rotatable bonds is 8. The second kappa shape index (κ2) is 10.5. The predicted octanol–water partition coefficient (Wildman–Crippen LogP) is 2.41. The normalized spacial score (nSPS) is 15.5. The van der Waals surface area contributed by atoms with Crippen LogP contribution in [0.2, 0.25) is 0 Å². The van der Waals surface area contributed by atoms with E-state index in [0.29, 0.717) is 10.8 Å². The van der Waals surface area contributed by atoms with Crippen molar-refractivity contribution in [2.75, 3.05) is 39.4 Å². The maximum Gasteiger partial charge on any atom is 0.220 e. The van der Waals surface area contributed by atoms with Crippen molar-refractivity contribution in [3.63, 3.8) is 0 Å². The van der Waals surface area contributed by atoms with Crippen molar-refractivity contribution >= 4 is 33.9 Å². The van der Waals surface area contributed by atoms with Crippen LogP contribution in [0.15, 0.2) is 34.5 Å². The number of fused-ring (bicyclic) bond motifs is 1. The Bertz CT molecular complexity index is 814. The molecule has 2 heterocycles. The fourth-order valence-corrected chi connectivity index (χ4v) is 3.63. The molecule has 7 nitrogen and oxygen atoms in total. The Morgan fingerprint density at radius 2 is 2.07 bits per heavy atom. The van der Waals surface area contributed by atoms with E-state index < -0.39 is 0 Å². The van der Waals surface area contributed by atoms with Crippen LogP contribution in [0.1, 0.15) is 26.2 Å². The van der Waals surface area contributed by atoms with Crippen molar-refractivity contribution in [3.8, 4) is 5.88 Å². The van der Waals surface area contributed by atoms with Gasteiger partial charge in [0, 0.05) is 24.9 Å². The van der Waals surface area contributed by atoms with E-state index >= 15 is 0 Å². The standard InChI is InChI=1S/C20H29N5O2S/c1-2-3-11-25-17-8-5-4-7-16(17)18(19(25)26)22-23-20(28)21-9-6-10-24-12-14-27-15-13-24/h4-5,7-8,26H,2-3,6,9-15H2,1H3,(H,21,28)/p+1. The molecule has 152 valence electrons. The Balaban J connectivity index is 1.57. The van der Waals surface area contributed by atoms with Gasteiger partial charge >= 0.3 is 0 Å². The average Bonchev–Trinajstić information content (AvgIpc) is 2.99. The Labute approximate surface area is 171 Å². The van der Waals surface area contributed by atoms with Crippen LogP contribution in [0.5, 0.6) is 5.88 Å². The predicted molar refractivity (Wildman–Crippen MR) is 115 cm³/mol. The van der Waals surface area contributed by atoms with Gasteiger partial charge in [0.1, 0.15) is 13.1 Å². The quantitative estimate of drug-likeness (QED) is 0.359. The highest BCUT2D eigenvalue weighted by Crippen LogP contribution is 2.38. The van der Waals surface area contributed by atoms with Gasteiger partial charge in [-0.05, 0) is 24.7 Å². The van der Waals surface area contributed by atoms with Gasteiger partial charge < -0.3 is 24.6 Å². The average molecular weight is 405 g/mol. The number of nitrogens with one attached hydrogen (secondary N) is 2. The van der Waals surface area contributed by atoms with E-state index in [1.165, 1.54) is 0 Å². The summed E-state index contributed by atoms with van der Waals surface area (Å²) in [6, 6.07) is 7.85. The van der Waals surface area contributed by atoms with Crippen LogP contribution in [0.4, 0.5) is 5.69 Å². The number of aromatic nitrogens is 1. The molecule has 8 heteroatoms. The number of nitrogens with zero attached hydrogens (tertiary/aromatic N) is 3. The van der Waals surface area contributed by atoms with E-state index in [2.05, 4.69) is 22.5 Å². The molecule has 1 aliphatic heterocycles. The first-order valence-electron chi connectivity index (χ1n) is 10.1.